The molecule has 2 unspecified atom stereocenters. The first-order chi connectivity index (χ1) is 8.15. The summed E-state index contributed by atoms with van der Waals surface area (Å²) in [5.74, 6) is 0.855. The van der Waals surface area contributed by atoms with Gasteiger partial charge in [-0.25, -0.2) is 0 Å². The summed E-state index contributed by atoms with van der Waals surface area (Å²) >= 11 is 0. The first-order valence-corrected chi connectivity index (χ1v) is 6.75. The highest BCUT2D eigenvalue weighted by Crippen LogP contribution is 2.11. The van der Waals surface area contributed by atoms with E-state index in [0.29, 0.717) is 5.92 Å². The van der Waals surface area contributed by atoms with Gasteiger partial charge in [0, 0.05) is 19.7 Å². The van der Waals surface area contributed by atoms with E-state index in [1.807, 2.05) is 6.92 Å². The summed E-state index contributed by atoms with van der Waals surface area (Å²) < 4.78 is 5.65. The van der Waals surface area contributed by atoms with E-state index in [4.69, 9.17) is 4.74 Å². The fraction of sp³-hybridized carbons (Fsp3) is 0.923. The van der Waals surface area contributed by atoms with E-state index < -0.39 is 0 Å². The number of rotatable bonds is 7. The monoisotopic (exact) mass is 278 g/mol. The summed E-state index contributed by atoms with van der Waals surface area (Å²) in [5, 5.41) is 6.21. The maximum absolute atomic E-state index is 11.8. The molecule has 0 aromatic heterocycles. The fourth-order valence-corrected chi connectivity index (χ4v) is 2.18. The lowest BCUT2D eigenvalue weighted by Crippen LogP contribution is -2.35. The molecule has 108 valence electrons. The Morgan fingerprint density at radius 3 is 2.72 bits per heavy atom. The van der Waals surface area contributed by atoms with Crippen molar-refractivity contribution in [2.24, 2.45) is 11.8 Å². The maximum Gasteiger partial charge on any atom is 0.224 e. The summed E-state index contributed by atoms with van der Waals surface area (Å²) in [7, 11) is 0. The van der Waals surface area contributed by atoms with Gasteiger partial charge in [0.15, 0.2) is 0 Å². The molecule has 1 saturated heterocycles. The first-order valence-electron chi connectivity index (χ1n) is 6.75. The predicted octanol–water partition coefficient (Wildman–Crippen LogP) is 1.59. The van der Waals surface area contributed by atoms with Crippen LogP contribution in [0.15, 0.2) is 0 Å². The van der Waals surface area contributed by atoms with Crippen molar-refractivity contribution in [1.29, 1.82) is 0 Å². The van der Waals surface area contributed by atoms with Gasteiger partial charge in [0.2, 0.25) is 5.91 Å². The van der Waals surface area contributed by atoms with E-state index in [-0.39, 0.29) is 30.3 Å². The van der Waals surface area contributed by atoms with Crippen molar-refractivity contribution in [1.82, 2.24) is 10.6 Å². The molecule has 0 bridgehead atoms. The Bertz CT molecular complexity index is 231. The third-order valence-corrected chi connectivity index (χ3v) is 3.28. The second-order valence-electron chi connectivity index (χ2n) is 5.01. The van der Waals surface area contributed by atoms with Crippen molar-refractivity contribution >= 4 is 18.3 Å². The molecule has 0 spiro atoms. The molecular formula is C13H27ClN2O2. The molecule has 0 aliphatic carbocycles. The molecule has 2 atom stereocenters. The zero-order valence-corrected chi connectivity index (χ0v) is 12.5. The molecule has 4 nitrogen and oxygen atoms in total. The minimum Gasteiger partial charge on any atom is -0.378 e. The molecule has 0 aromatic rings. The second-order valence-corrected chi connectivity index (χ2v) is 5.01. The number of halogens is 1. The number of hydrogen-bond donors (Lipinski definition) is 2. The van der Waals surface area contributed by atoms with Gasteiger partial charge in [0.25, 0.3) is 0 Å². The molecule has 18 heavy (non-hydrogen) atoms. The van der Waals surface area contributed by atoms with Crippen molar-refractivity contribution in [3.05, 3.63) is 0 Å². The lowest BCUT2D eigenvalue weighted by molar-refractivity contribution is -0.124. The Balaban J connectivity index is 0.00000289. The molecule has 1 amide bonds. The number of carbonyl (C=O) groups is 1. The summed E-state index contributed by atoms with van der Waals surface area (Å²) in [6.45, 7) is 9.57. The van der Waals surface area contributed by atoms with E-state index in [1.54, 1.807) is 0 Å². The molecule has 1 rings (SSSR count). The zero-order valence-electron chi connectivity index (χ0n) is 11.7. The van der Waals surface area contributed by atoms with E-state index in [0.717, 1.165) is 39.1 Å². The van der Waals surface area contributed by atoms with E-state index in [9.17, 15) is 4.79 Å². The summed E-state index contributed by atoms with van der Waals surface area (Å²) in [6, 6.07) is 0. The van der Waals surface area contributed by atoms with Gasteiger partial charge in [-0.15, -0.1) is 12.4 Å². The van der Waals surface area contributed by atoms with Crippen molar-refractivity contribution in [3.8, 4) is 0 Å². The van der Waals surface area contributed by atoms with Crippen LogP contribution in [0.4, 0.5) is 0 Å². The third kappa shape index (κ3) is 6.03. The number of nitrogens with one attached hydrogen (secondary N) is 2. The van der Waals surface area contributed by atoms with Gasteiger partial charge >= 0.3 is 0 Å². The number of carbonyl (C=O) groups excluding carboxylic acids is 1. The predicted molar refractivity (Wildman–Crippen MR) is 76.1 cm³/mol. The van der Waals surface area contributed by atoms with Gasteiger partial charge in [-0.2, -0.15) is 0 Å². The third-order valence-electron chi connectivity index (χ3n) is 3.28. The lowest BCUT2D eigenvalue weighted by atomic mass is 10.0. The highest BCUT2D eigenvalue weighted by atomic mass is 35.5. The van der Waals surface area contributed by atoms with Crippen LogP contribution in [0.25, 0.3) is 0 Å². The standard InChI is InChI=1S/C13H26N2O2.ClH/c1-4-17-12(10(2)3)6-8-15-13(16)11-5-7-14-9-11;/h10-12,14H,4-9H2,1-3H3,(H,15,16);1H. The van der Waals surface area contributed by atoms with Crippen molar-refractivity contribution < 1.29 is 9.53 Å². The Morgan fingerprint density at radius 1 is 1.50 bits per heavy atom. The quantitative estimate of drug-likeness (QED) is 0.744. The van der Waals surface area contributed by atoms with Crippen molar-refractivity contribution in [2.45, 2.75) is 39.7 Å². The van der Waals surface area contributed by atoms with E-state index in [1.165, 1.54) is 0 Å². The average Bonchev–Trinajstić information content (AvgIpc) is 2.81. The normalized spacial score (nSPS) is 20.6. The topological polar surface area (TPSA) is 50.4 Å². The maximum atomic E-state index is 11.8. The average molecular weight is 279 g/mol. The largest absolute Gasteiger partial charge is 0.378 e. The van der Waals surface area contributed by atoms with Gasteiger partial charge in [-0.1, -0.05) is 13.8 Å². The Kier molecular flexibility index (Phi) is 9.42. The second kappa shape index (κ2) is 9.59. The van der Waals surface area contributed by atoms with Crippen LogP contribution in [-0.4, -0.2) is 38.3 Å². The number of ether oxygens (including phenoxy) is 1. The fourth-order valence-electron chi connectivity index (χ4n) is 2.18. The molecular weight excluding hydrogens is 252 g/mol. The zero-order chi connectivity index (χ0) is 12.7. The Hall–Kier alpha value is -0.320. The molecule has 0 saturated carbocycles. The molecule has 1 fully saturated rings. The van der Waals surface area contributed by atoms with Crippen LogP contribution in [0.2, 0.25) is 0 Å². The molecule has 0 aromatic carbocycles. The Morgan fingerprint density at radius 2 is 2.22 bits per heavy atom. The van der Waals surface area contributed by atoms with Crippen LogP contribution < -0.4 is 10.6 Å². The van der Waals surface area contributed by atoms with Gasteiger partial charge in [-0.05, 0) is 32.2 Å². The Labute approximate surface area is 117 Å². The first kappa shape index (κ1) is 17.7. The summed E-state index contributed by atoms with van der Waals surface area (Å²) in [4.78, 5) is 11.8. The van der Waals surface area contributed by atoms with Crippen LogP contribution >= 0.6 is 12.4 Å². The SMILES string of the molecule is CCOC(CCNC(=O)C1CCNC1)C(C)C.Cl. The molecule has 5 heteroatoms. The summed E-state index contributed by atoms with van der Waals surface area (Å²) in [6.07, 6.45) is 2.12. The minimum atomic E-state index is 0. The highest BCUT2D eigenvalue weighted by molar-refractivity contribution is 5.85. The molecule has 0 radical (unpaired) electrons. The highest BCUT2D eigenvalue weighted by Gasteiger charge is 2.22. The van der Waals surface area contributed by atoms with Gasteiger partial charge in [0.05, 0.1) is 12.0 Å². The van der Waals surface area contributed by atoms with Crippen LogP contribution in [0, 0.1) is 11.8 Å². The lowest BCUT2D eigenvalue weighted by Gasteiger charge is -2.21. The van der Waals surface area contributed by atoms with Crippen LogP contribution in [0.1, 0.15) is 33.6 Å². The van der Waals surface area contributed by atoms with Crippen molar-refractivity contribution in [2.75, 3.05) is 26.2 Å². The van der Waals surface area contributed by atoms with Gasteiger partial charge in [0.1, 0.15) is 0 Å². The summed E-state index contributed by atoms with van der Waals surface area (Å²) in [5.41, 5.74) is 0. The van der Waals surface area contributed by atoms with Crippen LogP contribution in [0.3, 0.4) is 0 Å². The molecule has 2 N–H and O–H groups in total. The molecule has 1 aliphatic rings. The van der Waals surface area contributed by atoms with E-state index >= 15 is 0 Å². The smallest absolute Gasteiger partial charge is 0.224 e. The van der Waals surface area contributed by atoms with Crippen molar-refractivity contribution in [3.63, 3.8) is 0 Å². The van der Waals surface area contributed by atoms with Crippen LogP contribution in [-0.2, 0) is 9.53 Å². The van der Waals surface area contributed by atoms with Gasteiger partial charge < -0.3 is 15.4 Å². The van der Waals surface area contributed by atoms with E-state index in [2.05, 4.69) is 24.5 Å². The van der Waals surface area contributed by atoms with Crippen LogP contribution in [0.5, 0.6) is 0 Å². The molecule has 1 heterocycles. The van der Waals surface area contributed by atoms with Gasteiger partial charge in [-0.3, -0.25) is 4.79 Å². The molecule has 1 aliphatic heterocycles. The number of hydrogen-bond acceptors (Lipinski definition) is 3. The minimum absolute atomic E-state index is 0. The number of amides is 1.